The molecule has 0 unspecified atom stereocenters. The molecule has 0 bridgehead atoms. The lowest BCUT2D eigenvalue weighted by atomic mass is 9.95. The number of nitrogens with one attached hydrogen (secondary N) is 1. The summed E-state index contributed by atoms with van der Waals surface area (Å²) < 4.78 is 0. The molecule has 3 heteroatoms. The Kier molecular flexibility index (Phi) is 4.94. The van der Waals surface area contributed by atoms with Crippen LogP contribution in [0.25, 0.3) is 11.3 Å². The second kappa shape index (κ2) is 6.70. The molecule has 0 amide bonds. The van der Waals surface area contributed by atoms with E-state index in [-0.39, 0.29) is 0 Å². The van der Waals surface area contributed by atoms with Crippen LogP contribution in [0, 0.1) is 5.92 Å². The average molecular weight is 283 g/mol. The van der Waals surface area contributed by atoms with E-state index < -0.39 is 0 Å². The summed E-state index contributed by atoms with van der Waals surface area (Å²) in [5, 5.41) is 3.18. The van der Waals surface area contributed by atoms with E-state index in [0.717, 1.165) is 17.9 Å². The highest BCUT2D eigenvalue weighted by Gasteiger charge is 2.15. The summed E-state index contributed by atoms with van der Waals surface area (Å²) in [4.78, 5) is 8.90. The molecular formula is C18H25N3. The van der Waals surface area contributed by atoms with E-state index in [1.54, 1.807) is 6.33 Å². The molecule has 0 atom stereocenters. The van der Waals surface area contributed by atoms with Crippen LogP contribution < -0.4 is 5.32 Å². The van der Waals surface area contributed by atoms with Crippen LogP contribution in [0.4, 0.5) is 5.82 Å². The van der Waals surface area contributed by atoms with Crippen molar-refractivity contribution in [3.8, 4) is 11.3 Å². The van der Waals surface area contributed by atoms with Crippen LogP contribution in [0.1, 0.15) is 44.7 Å². The molecule has 0 saturated heterocycles. The molecule has 0 fully saturated rings. The highest BCUT2D eigenvalue weighted by atomic mass is 15.0. The van der Waals surface area contributed by atoms with Gasteiger partial charge in [0.05, 0.1) is 5.69 Å². The SMILES string of the molecule is CNc1ncnc(-c2cccc(CC(C)C)c2)c1C(C)C. The van der Waals surface area contributed by atoms with E-state index in [1.165, 1.54) is 16.7 Å². The zero-order valence-corrected chi connectivity index (χ0v) is 13.6. The van der Waals surface area contributed by atoms with Crippen LogP contribution in [0.5, 0.6) is 0 Å². The fourth-order valence-electron chi connectivity index (χ4n) is 2.69. The minimum atomic E-state index is 0.373. The number of hydrogen-bond acceptors (Lipinski definition) is 3. The molecule has 21 heavy (non-hydrogen) atoms. The number of nitrogens with zero attached hydrogens (tertiary/aromatic N) is 2. The van der Waals surface area contributed by atoms with Crippen molar-refractivity contribution in [3.63, 3.8) is 0 Å². The Hall–Kier alpha value is -1.90. The predicted molar refractivity (Wildman–Crippen MR) is 89.6 cm³/mol. The molecule has 3 nitrogen and oxygen atoms in total. The Morgan fingerprint density at radius 1 is 1.10 bits per heavy atom. The number of aromatic nitrogens is 2. The maximum Gasteiger partial charge on any atom is 0.133 e. The first-order chi connectivity index (χ1) is 10.0. The van der Waals surface area contributed by atoms with Gasteiger partial charge in [0.2, 0.25) is 0 Å². The molecular weight excluding hydrogens is 258 g/mol. The second-order valence-corrected chi connectivity index (χ2v) is 6.19. The fourth-order valence-corrected chi connectivity index (χ4v) is 2.69. The van der Waals surface area contributed by atoms with Crippen LogP contribution in [0.3, 0.4) is 0 Å². The molecule has 0 aliphatic carbocycles. The van der Waals surface area contributed by atoms with Crippen molar-refractivity contribution in [1.29, 1.82) is 0 Å². The minimum Gasteiger partial charge on any atom is -0.373 e. The molecule has 1 aromatic heterocycles. The molecule has 0 spiro atoms. The summed E-state index contributed by atoms with van der Waals surface area (Å²) in [5.74, 6) is 1.95. The van der Waals surface area contributed by atoms with Gasteiger partial charge in [-0.15, -0.1) is 0 Å². The Bertz CT molecular complexity index is 603. The molecule has 0 aliphatic rings. The highest BCUT2D eigenvalue weighted by Crippen LogP contribution is 2.32. The summed E-state index contributed by atoms with van der Waals surface area (Å²) in [5.41, 5.74) is 4.76. The molecule has 2 aromatic rings. The first kappa shape index (κ1) is 15.5. The van der Waals surface area contributed by atoms with Crippen LogP contribution in [-0.4, -0.2) is 17.0 Å². The van der Waals surface area contributed by atoms with Crippen molar-refractivity contribution >= 4 is 5.82 Å². The molecule has 0 aliphatic heterocycles. The molecule has 2 rings (SSSR count). The summed E-state index contributed by atoms with van der Waals surface area (Å²) >= 11 is 0. The van der Waals surface area contributed by atoms with Crippen molar-refractivity contribution in [2.75, 3.05) is 12.4 Å². The molecule has 1 N–H and O–H groups in total. The predicted octanol–water partition coefficient (Wildman–Crippen LogP) is 4.51. The largest absolute Gasteiger partial charge is 0.373 e. The van der Waals surface area contributed by atoms with Crippen molar-refractivity contribution in [2.24, 2.45) is 5.92 Å². The lowest BCUT2D eigenvalue weighted by Crippen LogP contribution is -2.05. The van der Waals surface area contributed by atoms with Gasteiger partial charge in [0, 0.05) is 18.2 Å². The Balaban J connectivity index is 2.51. The van der Waals surface area contributed by atoms with Gasteiger partial charge in [-0.3, -0.25) is 0 Å². The van der Waals surface area contributed by atoms with Crippen molar-refractivity contribution in [3.05, 3.63) is 41.7 Å². The van der Waals surface area contributed by atoms with Gasteiger partial charge < -0.3 is 5.32 Å². The second-order valence-electron chi connectivity index (χ2n) is 6.19. The van der Waals surface area contributed by atoms with E-state index in [2.05, 4.69) is 67.2 Å². The van der Waals surface area contributed by atoms with E-state index in [4.69, 9.17) is 0 Å². The Labute approximate surface area is 127 Å². The summed E-state index contributed by atoms with van der Waals surface area (Å²) in [6.45, 7) is 8.86. The van der Waals surface area contributed by atoms with E-state index in [0.29, 0.717) is 11.8 Å². The lowest BCUT2D eigenvalue weighted by molar-refractivity contribution is 0.647. The number of benzene rings is 1. The quantitative estimate of drug-likeness (QED) is 0.877. The zero-order chi connectivity index (χ0) is 15.4. The van der Waals surface area contributed by atoms with E-state index >= 15 is 0 Å². The monoisotopic (exact) mass is 283 g/mol. The van der Waals surface area contributed by atoms with Crippen molar-refractivity contribution in [2.45, 2.75) is 40.0 Å². The molecule has 0 saturated carbocycles. The number of hydrogen-bond donors (Lipinski definition) is 1. The summed E-state index contributed by atoms with van der Waals surface area (Å²) in [7, 11) is 1.91. The normalized spacial score (nSPS) is 11.2. The maximum absolute atomic E-state index is 4.55. The first-order valence-electron chi connectivity index (χ1n) is 7.64. The van der Waals surface area contributed by atoms with Crippen LogP contribution in [0.2, 0.25) is 0 Å². The summed E-state index contributed by atoms with van der Waals surface area (Å²) in [6.07, 6.45) is 2.73. The Morgan fingerprint density at radius 3 is 2.48 bits per heavy atom. The minimum absolute atomic E-state index is 0.373. The van der Waals surface area contributed by atoms with Gasteiger partial charge in [-0.2, -0.15) is 0 Å². The molecule has 1 heterocycles. The summed E-state index contributed by atoms with van der Waals surface area (Å²) in [6, 6.07) is 8.71. The fraction of sp³-hybridized carbons (Fsp3) is 0.444. The van der Waals surface area contributed by atoms with E-state index in [9.17, 15) is 0 Å². The van der Waals surface area contributed by atoms with Gasteiger partial charge in [0.15, 0.2) is 0 Å². The van der Waals surface area contributed by atoms with Gasteiger partial charge in [-0.25, -0.2) is 9.97 Å². The van der Waals surface area contributed by atoms with Gasteiger partial charge in [0.25, 0.3) is 0 Å². The van der Waals surface area contributed by atoms with Crippen molar-refractivity contribution in [1.82, 2.24) is 9.97 Å². The topological polar surface area (TPSA) is 37.8 Å². The average Bonchev–Trinajstić information content (AvgIpc) is 2.45. The first-order valence-corrected chi connectivity index (χ1v) is 7.64. The third-order valence-electron chi connectivity index (χ3n) is 3.54. The molecule has 1 aromatic carbocycles. The van der Waals surface area contributed by atoms with Crippen LogP contribution in [-0.2, 0) is 6.42 Å². The zero-order valence-electron chi connectivity index (χ0n) is 13.6. The smallest absolute Gasteiger partial charge is 0.133 e. The number of rotatable bonds is 5. The van der Waals surface area contributed by atoms with Gasteiger partial charge >= 0.3 is 0 Å². The van der Waals surface area contributed by atoms with Crippen LogP contribution in [0.15, 0.2) is 30.6 Å². The van der Waals surface area contributed by atoms with E-state index in [1.807, 2.05) is 7.05 Å². The van der Waals surface area contributed by atoms with Gasteiger partial charge in [0.1, 0.15) is 12.1 Å². The standard InChI is InChI=1S/C18H25N3/c1-12(2)9-14-7-6-8-15(10-14)17-16(13(3)4)18(19-5)21-11-20-17/h6-8,10-13H,9H2,1-5H3,(H,19,20,21). The lowest BCUT2D eigenvalue weighted by Gasteiger charge is -2.16. The van der Waals surface area contributed by atoms with Gasteiger partial charge in [-0.05, 0) is 29.9 Å². The third kappa shape index (κ3) is 3.60. The third-order valence-corrected chi connectivity index (χ3v) is 3.54. The Morgan fingerprint density at radius 2 is 1.86 bits per heavy atom. The molecule has 112 valence electrons. The van der Waals surface area contributed by atoms with Crippen molar-refractivity contribution < 1.29 is 0 Å². The highest BCUT2D eigenvalue weighted by molar-refractivity contribution is 5.69. The van der Waals surface area contributed by atoms with Crippen LogP contribution >= 0.6 is 0 Å². The maximum atomic E-state index is 4.55. The van der Waals surface area contributed by atoms with Gasteiger partial charge in [-0.1, -0.05) is 45.9 Å². The molecule has 0 radical (unpaired) electrons. The number of anilines is 1.